The van der Waals surface area contributed by atoms with E-state index in [4.69, 9.17) is 14.7 Å². The zero-order chi connectivity index (χ0) is 15.5. The smallest absolute Gasteiger partial charge is 0.339 e. The van der Waals surface area contributed by atoms with Gasteiger partial charge < -0.3 is 14.7 Å². The second-order valence-electron chi connectivity index (χ2n) is 4.08. The molecule has 2 aromatic rings. The maximum absolute atomic E-state index is 12.2. The van der Waals surface area contributed by atoms with Crippen LogP contribution in [-0.4, -0.2) is 21.4 Å². The Labute approximate surface area is 122 Å². The quantitative estimate of drug-likeness (QED) is 0.846. The molecule has 0 aliphatic heterocycles. The first kappa shape index (κ1) is 14.9. The molecule has 0 aromatic heterocycles. The number of ether oxygens (including phenoxy) is 1. The molecule has 0 radical (unpaired) electrons. The van der Waals surface area contributed by atoms with Gasteiger partial charge in [-0.25, -0.2) is 0 Å². The fraction of sp³-hybridized carbons (Fsp3) is 0.0714. The monoisotopic (exact) mass is 307 g/mol. The molecular weight excluding hydrogens is 294 g/mol. The van der Waals surface area contributed by atoms with Gasteiger partial charge in [0.1, 0.15) is 4.90 Å². The van der Waals surface area contributed by atoms with Gasteiger partial charge in [0.2, 0.25) is 5.91 Å². The van der Waals surface area contributed by atoms with Gasteiger partial charge in [0.05, 0.1) is 7.11 Å². The van der Waals surface area contributed by atoms with Gasteiger partial charge in [0, 0.05) is 5.56 Å². The van der Waals surface area contributed by atoms with Gasteiger partial charge in [-0.05, 0) is 36.4 Å². The van der Waals surface area contributed by atoms with Crippen LogP contribution in [0, 0.1) is 0 Å². The molecule has 21 heavy (non-hydrogen) atoms. The van der Waals surface area contributed by atoms with Crippen molar-refractivity contribution in [1.29, 1.82) is 0 Å². The molecule has 0 saturated carbocycles. The lowest BCUT2D eigenvalue weighted by Crippen LogP contribution is -2.13. The number of amides is 1. The van der Waals surface area contributed by atoms with E-state index in [0.29, 0.717) is 5.75 Å². The number of methoxy groups -OCH3 is 1. The number of hydrogen-bond acceptors (Lipinski definition) is 5. The lowest BCUT2D eigenvalue weighted by molar-refractivity contribution is 0.1000. The fourth-order valence-corrected chi connectivity index (χ4v) is 2.58. The Balaban J connectivity index is 2.32. The molecule has 0 bridgehead atoms. The maximum atomic E-state index is 12.2. The summed E-state index contributed by atoms with van der Waals surface area (Å²) in [6.45, 7) is 0. The normalized spacial score (nSPS) is 10.9. The van der Waals surface area contributed by atoms with Crippen LogP contribution >= 0.6 is 0 Å². The summed E-state index contributed by atoms with van der Waals surface area (Å²) in [5.41, 5.74) is 5.31. The van der Waals surface area contributed by atoms with E-state index in [9.17, 15) is 13.2 Å². The summed E-state index contributed by atoms with van der Waals surface area (Å²) in [5.74, 6) is -0.251. The number of carbonyl (C=O) groups excluding carboxylic acids is 1. The van der Waals surface area contributed by atoms with Crippen LogP contribution in [-0.2, 0) is 10.1 Å². The van der Waals surface area contributed by atoms with Crippen LogP contribution < -0.4 is 14.7 Å². The molecule has 0 heterocycles. The maximum Gasteiger partial charge on any atom is 0.339 e. The molecule has 0 aliphatic rings. The van der Waals surface area contributed by atoms with Gasteiger partial charge >= 0.3 is 10.1 Å². The SMILES string of the molecule is COc1ccccc1OS(=O)(=O)c1ccc(C(N)=O)cc1. The second-order valence-corrected chi connectivity index (χ2v) is 5.62. The highest BCUT2D eigenvalue weighted by atomic mass is 32.2. The van der Waals surface area contributed by atoms with Crippen molar-refractivity contribution < 1.29 is 22.1 Å². The molecule has 0 spiro atoms. The third kappa shape index (κ3) is 3.32. The zero-order valence-electron chi connectivity index (χ0n) is 11.1. The van der Waals surface area contributed by atoms with Gasteiger partial charge in [-0.3, -0.25) is 4.79 Å². The molecular formula is C14H13NO5S. The minimum atomic E-state index is -4.02. The van der Waals surface area contributed by atoms with E-state index in [1.165, 1.54) is 37.4 Å². The third-order valence-corrected chi connectivity index (χ3v) is 3.94. The highest BCUT2D eigenvalue weighted by Crippen LogP contribution is 2.29. The standard InChI is InChI=1S/C14H13NO5S/c1-19-12-4-2-3-5-13(12)20-21(17,18)11-8-6-10(7-9-11)14(15)16/h2-9H,1H3,(H2,15,16). The van der Waals surface area contributed by atoms with Crippen molar-refractivity contribution >= 4 is 16.0 Å². The summed E-state index contributed by atoms with van der Waals surface area (Å²) < 4.78 is 34.4. The number of carbonyl (C=O) groups is 1. The molecule has 2 aromatic carbocycles. The van der Waals surface area contributed by atoms with Crippen LogP contribution in [0.15, 0.2) is 53.4 Å². The Hall–Kier alpha value is -2.54. The number of nitrogens with two attached hydrogens (primary N) is 1. The van der Waals surface area contributed by atoms with Gasteiger partial charge in [0.15, 0.2) is 11.5 Å². The molecule has 7 heteroatoms. The van der Waals surface area contributed by atoms with Crippen molar-refractivity contribution in [3.8, 4) is 11.5 Å². The van der Waals surface area contributed by atoms with Crippen LogP contribution in [0.4, 0.5) is 0 Å². The molecule has 0 fully saturated rings. The number of para-hydroxylation sites is 2. The molecule has 1 amide bonds. The minimum absolute atomic E-state index is 0.0824. The number of primary amides is 1. The Kier molecular flexibility index (Phi) is 4.13. The van der Waals surface area contributed by atoms with Crippen LogP contribution in [0.5, 0.6) is 11.5 Å². The second kappa shape index (κ2) is 5.84. The van der Waals surface area contributed by atoms with Crippen molar-refractivity contribution in [2.24, 2.45) is 5.73 Å². The van der Waals surface area contributed by atoms with E-state index in [-0.39, 0.29) is 16.2 Å². The van der Waals surface area contributed by atoms with E-state index in [0.717, 1.165) is 0 Å². The average molecular weight is 307 g/mol. The van der Waals surface area contributed by atoms with Crippen molar-refractivity contribution in [3.05, 3.63) is 54.1 Å². The van der Waals surface area contributed by atoms with Crippen molar-refractivity contribution in [2.75, 3.05) is 7.11 Å². The van der Waals surface area contributed by atoms with Crippen LogP contribution in [0.25, 0.3) is 0 Å². The van der Waals surface area contributed by atoms with Crippen molar-refractivity contribution in [3.63, 3.8) is 0 Å². The van der Waals surface area contributed by atoms with Gasteiger partial charge in [-0.2, -0.15) is 8.42 Å². The lowest BCUT2D eigenvalue weighted by Gasteiger charge is -2.10. The van der Waals surface area contributed by atoms with Crippen molar-refractivity contribution in [1.82, 2.24) is 0 Å². The lowest BCUT2D eigenvalue weighted by atomic mass is 10.2. The van der Waals surface area contributed by atoms with Gasteiger partial charge in [0.25, 0.3) is 0 Å². The molecule has 0 aliphatic carbocycles. The molecule has 0 saturated heterocycles. The Morgan fingerprint density at radius 3 is 2.10 bits per heavy atom. The molecule has 0 atom stereocenters. The van der Waals surface area contributed by atoms with Crippen LogP contribution in [0.2, 0.25) is 0 Å². The molecule has 110 valence electrons. The highest BCUT2D eigenvalue weighted by molar-refractivity contribution is 7.87. The summed E-state index contributed by atoms with van der Waals surface area (Å²) >= 11 is 0. The van der Waals surface area contributed by atoms with E-state index < -0.39 is 16.0 Å². The minimum Gasteiger partial charge on any atom is -0.493 e. The van der Waals surface area contributed by atoms with E-state index in [1.54, 1.807) is 18.2 Å². The Morgan fingerprint density at radius 2 is 1.57 bits per heavy atom. The predicted octanol–water partition coefficient (Wildman–Crippen LogP) is 1.56. The van der Waals surface area contributed by atoms with Gasteiger partial charge in [-0.1, -0.05) is 12.1 Å². The van der Waals surface area contributed by atoms with E-state index in [1.807, 2.05) is 0 Å². The average Bonchev–Trinajstić information content (AvgIpc) is 2.47. The Bertz CT molecular complexity index is 753. The van der Waals surface area contributed by atoms with Gasteiger partial charge in [-0.15, -0.1) is 0 Å². The largest absolute Gasteiger partial charge is 0.493 e. The fourth-order valence-electron chi connectivity index (χ4n) is 1.64. The molecule has 0 unspecified atom stereocenters. The summed E-state index contributed by atoms with van der Waals surface area (Å²) in [6, 6.07) is 11.5. The zero-order valence-corrected chi connectivity index (χ0v) is 12.0. The summed E-state index contributed by atoms with van der Waals surface area (Å²) in [5, 5.41) is 0. The summed E-state index contributed by atoms with van der Waals surface area (Å²) in [6.07, 6.45) is 0. The number of benzene rings is 2. The first-order valence-electron chi connectivity index (χ1n) is 5.91. The molecule has 2 N–H and O–H groups in total. The Morgan fingerprint density at radius 1 is 1.00 bits per heavy atom. The summed E-state index contributed by atoms with van der Waals surface area (Å²) in [7, 11) is -2.61. The predicted molar refractivity (Wildman–Crippen MR) is 75.8 cm³/mol. The first-order valence-corrected chi connectivity index (χ1v) is 7.32. The third-order valence-electron chi connectivity index (χ3n) is 2.70. The molecule has 2 rings (SSSR count). The van der Waals surface area contributed by atoms with E-state index in [2.05, 4.69) is 0 Å². The number of rotatable bonds is 5. The first-order chi connectivity index (χ1) is 9.94. The van der Waals surface area contributed by atoms with Crippen molar-refractivity contribution in [2.45, 2.75) is 4.90 Å². The van der Waals surface area contributed by atoms with E-state index >= 15 is 0 Å². The topological polar surface area (TPSA) is 95.7 Å². The number of hydrogen-bond donors (Lipinski definition) is 1. The highest BCUT2D eigenvalue weighted by Gasteiger charge is 2.19. The van der Waals surface area contributed by atoms with Crippen LogP contribution in [0.3, 0.4) is 0 Å². The molecule has 6 nitrogen and oxygen atoms in total. The summed E-state index contributed by atoms with van der Waals surface area (Å²) in [4.78, 5) is 10.9. The van der Waals surface area contributed by atoms with Crippen LogP contribution in [0.1, 0.15) is 10.4 Å².